The number of carbonyl (C=O) groups excluding carboxylic acids is 2. The van der Waals surface area contributed by atoms with Gasteiger partial charge in [0.1, 0.15) is 5.60 Å². The first-order valence-corrected chi connectivity index (χ1v) is 5.44. The van der Waals surface area contributed by atoms with Crippen LogP contribution in [0.5, 0.6) is 5.88 Å². The second-order valence-electron chi connectivity index (χ2n) is 4.50. The van der Waals surface area contributed by atoms with E-state index in [2.05, 4.69) is 5.10 Å². The smallest absolute Gasteiger partial charge is 0.438 e. The summed E-state index contributed by atoms with van der Waals surface area (Å²) in [6, 6.07) is 1.04. The Labute approximate surface area is 104 Å². The minimum absolute atomic E-state index is 0.153. The van der Waals surface area contributed by atoms with E-state index >= 15 is 0 Å². The van der Waals surface area contributed by atoms with Crippen molar-refractivity contribution in [3.63, 3.8) is 0 Å². The molecule has 1 aromatic heterocycles. The maximum Gasteiger partial charge on any atom is 0.438 e. The molecule has 0 aliphatic rings. The van der Waals surface area contributed by atoms with Crippen LogP contribution in [-0.4, -0.2) is 39.2 Å². The number of rotatable bonds is 2. The molecule has 0 unspecified atom stereocenters. The molecule has 0 radical (unpaired) electrons. The van der Waals surface area contributed by atoms with Crippen LogP contribution in [0.3, 0.4) is 0 Å². The van der Waals surface area contributed by atoms with Gasteiger partial charge in [0.15, 0.2) is 5.69 Å². The maximum atomic E-state index is 11.6. The van der Waals surface area contributed by atoms with Gasteiger partial charge in [0.25, 0.3) is 0 Å². The van der Waals surface area contributed by atoms with Crippen molar-refractivity contribution in [3.05, 3.63) is 11.8 Å². The molecule has 1 N–H and O–H groups in total. The van der Waals surface area contributed by atoms with Gasteiger partial charge in [-0.3, -0.25) is 0 Å². The predicted octanol–water partition coefficient (Wildman–Crippen LogP) is 1.55. The first kappa shape index (κ1) is 14.0. The number of hydrogen-bond acceptors (Lipinski definition) is 6. The molecular weight excluding hydrogens is 240 g/mol. The fourth-order valence-electron chi connectivity index (χ4n) is 1.12. The van der Waals surface area contributed by atoms with Crippen LogP contribution in [0.1, 0.15) is 38.2 Å². The Bertz CT molecular complexity index is 458. The van der Waals surface area contributed by atoms with Gasteiger partial charge in [0.05, 0.1) is 6.61 Å². The van der Waals surface area contributed by atoms with Gasteiger partial charge in [-0.05, 0) is 27.7 Å². The lowest BCUT2D eigenvalue weighted by Crippen LogP contribution is -2.27. The van der Waals surface area contributed by atoms with Gasteiger partial charge in [-0.25, -0.2) is 9.59 Å². The Kier molecular flexibility index (Phi) is 3.95. The molecule has 7 nitrogen and oxygen atoms in total. The second kappa shape index (κ2) is 5.07. The predicted molar refractivity (Wildman–Crippen MR) is 61.5 cm³/mol. The van der Waals surface area contributed by atoms with Gasteiger partial charge in [-0.1, -0.05) is 0 Å². The molecule has 0 atom stereocenters. The molecule has 0 spiro atoms. The van der Waals surface area contributed by atoms with Crippen LogP contribution in [0.4, 0.5) is 4.79 Å². The van der Waals surface area contributed by atoms with E-state index in [1.54, 1.807) is 27.7 Å². The van der Waals surface area contributed by atoms with Gasteiger partial charge in [-0.15, -0.1) is 4.68 Å². The van der Waals surface area contributed by atoms with Crippen LogP contribution in [-0.2, 0) is 9.47 Å². The van der Waals surface area contributed by atoms with E-state index < -0.39 is 23.5 Å². The van der Waals surface area contributed by atoms with Crippen molar-refractivity contribution in [3.8, 4) is 5.88 Å². The molecule has 0 saturated heterocycles. The van der Waals surface area contributed by atoms with E-state index in [0.717, 1.165) is 6.07 Å². The van der Waals surface area contributed by atoms with Crippen molar-refractivity contribution in [2.24, 2.45) is 0 Å². The first-order valence-electron chi connectivity index (χ1n) is 5.44. The van der Waals surface area contributed by atoms with Gasteiger partial charge in [0.2, 0.25) is 5.88 Å². The van der Waals surface area contributed by atoms with E-state index in [4.69, 9.17) is 9.47 Å². The van der Waals surface area contributed by atoms with Gasteiger partial charge < -0.3 is 14.6 Å². The fraction of sp³-hybridized carbons (Fsp3) is 0.545. The molecule has 0 bridgehead atoms. The third-order valence-corrected chi connectivity index (χ3v) is 1.74. The third kappa shape index (κ3) is 3.47. The van der Waals surface area contributed by atoms with Crippen LogP contribution in [0.15, 0.2) is 6.07 Å². The topological polar surface area (TPSA) is 90.7 Å². The largest absolute Gasteiger partial charge is 0.493 e. The standard InChI is InChI=1S/C11H16N2O5/c1-5-17-9(15)7-6-8(14)13(12-7)10(16)18-11(2,3)4/h6,14H,5H2,1-4H3. The number of hydrogen-bond donors (Lipinski definition) is 1. The molecule has 0 aliphatic heterocycles. The van der Waals surface area contributed by atoms with Crippen molar-refractivity contribution in [2.75, 3.05) is 6.61 Å². The van der Waals surface area contributed by atoms with Crippen LogP contribution in [0, 0.1) is 0 Å². The van der Waals surface area contributed by atoms with Crippen LogP contribution in [0.2, 0.25) is 0 Å². The zero-order chi connectivity index (χ0) is 13.9. The number of ether oxygens (including phenoxy) is 2. The molecule has 0 aliphatic carbocycles. The van der Waals surface area contributed by atoms with Crippen molar-refractivity contribution in [2.45, 2.75) is 33.3 Å². The Morgan fingerprint density at radius 2 is 2.06 bits per heavy atom. The zero-order valence-corrected chi connectivity index (χ0v) is 10.8. The summed E-state index contributed by atoms with van der Waals surface area (Å²) in [5.74, 6) is -1.19. The van der Waals surface area contributed by atoms with E-state index in [-0.39, 0.29) is 12.3 Å². The zero-order valence-electron chi connectivity index (χ0n) is 10.8. The average Bonchev–Trinajstić information content (AvgIpc) is 2.58. The Hall–Kier alpha value is -2.05. The molecular formula is C11H16N2O5. The van der Waals surface area contributed by atoms with Crippen LogP contribution < -0.4 is 0 Å². The minimum Gasteiger partial charge on any atom is -0.493 e. The summed E-state index contributed by atoms with van der Waals surface area (Å²) in [7, 11) is 0. The SMILES string of the molecule is CCOC(=O)c1cc(O)n(C(=O)OC(C)(C)C)n1. The Morgan fingerprint density at radius 3 is 2.56 bits per heavy atom. The lowest BCUT2D eigenvalue weighted by atomic mass is 10.2. The Balaban J connectivity index is 2.91. The molecule has 1 rings (SSSR count). The molecule has 1 heterocycles. The summed E-state index contributed by atoms with van der Waals surface area (Å²) in [5, 5.41) is 13.1. The third-order valence-electron chi connectivity index (χ3n) is 1.74. The van der Waals surface area contributed by atoms with Crippen molar-refractivity contribution in [1.82, 2.24) is 9.78 Å². The summed E-state index contributed by atoms with van der Waals surface area (Å²) < 4.78 is 10.3. The van der Waals surface area contributed by atoms with E-state index in [0.29, 0.717) is 4.68 Å². The van der Waals surface area contributed by atoms with Gasteiger partial charge in [0, 0.05) is 6.07 Å². The highest BCUT2D eigenvalue weighted by molar-refractivity contribution is 5.88. The molecule has 0 amide bonds. The van der Waals surface area contributed by atoms with Crippen LogP contribution >= 0.6 is 0 Å². The summed E-state index contributed by atoms with van der Waals surface area (Å²) in [5.41, 5.74) is -0.875. The fourth-order valence-corrected chi connectivity index (χ4v) is 1.12. The van der Waals surface area contributed by atoms with Crippen molar-refractivity contribution >= 4 is 12.1 Å². The quantitative estimate of drug-likeness (QED) is 0.807. The normalized spacial score (nSPS) is 11.1. The first-order chi connectivity index (χ1) is 8.24. The molecule has 100 valence electrons. The molecule has 0 saturated carbocycles. The molecule has 7 heteroatoms. The summed E-state index contributed by atoms with van der Waals surface area (Å²) in [6.45, 7) is 6.86. The van der Waals surface area contributed by atoms with Gasteiger partial charge >= 0.3 is 12.1 Å². The summed E-state index contributed by atoms with van der Waals surface area (Å²) in [6.07, 6.45) is -0.865. The lowest BCUT2D eigenvalue weighted by molar-refractivity contribution is 0.0493. The lowest BCUT2D eigenvalue weighted by Gasteiger charge is -2.18. The number of aromatic hydroxyl groups is 1. The maximum absolute atomic E-state index is 11.6. The highest BCUT2D eigenvalue weighted by Crippen LogP contribution is 2.15. The highest BCUT2D eigenvalue weighted by Gasteiger charge is 2.23. The number of nitrogens with zero attached hydrogens (tertiary/aromatic N) is 2. The number of esters is 1. The van der Waals surface area contributed by atoms with Gasteiger partial charge in [-0.2, -0.15) is 5.10 Å². The van der Waals surface area contributed by atoms with E-state index in [9.17, 15) is 14.7 Å². The summed E-state index contributed by atoms with van der Waals surface area (Å²) >= 11 is 0. The number of aromatic nitrogens is 2. The van der Waals surface area contributed by atoms with E-state index in [1.807, 2.05) is 0 Å². The average molecular weight is 256 g/mol. The minimum atomic E-state index is -0.865. The highest BCUT2D eigenvalue weighted by atomic mass is 16.6. The molecule has 1 aromatic rings. The van der Waals surface area contributed by atoms with Crippen LogP contribution in [0.25, 0.3) is 0 Å². The van der Waals surface area contributed by atoms with Crippen molar-refractivity contribution < 1.29 is 24.2 Å². The second-order valence-corrected chi connectivity index (χ2v) is 4.50. The monoisotopic (exact) mass is 256 g/mol. The molecule has 0 aromatic carbocycles. The summed E-state index contributed by atoms with van der Waals surface area (Å²) in [4.78, 5) is 23.0. The molecule has 0 fully saturated rings. The van der Waals surface area contributed by atoms with Crippen molar-refractivity contribution in [1.29, 1.82) is 0 Å². The van der Waals surface area contributed by atoms with E-state index in [1.165, 1.54) is 0 Å². The Morgan fingerprint density at radius 1 is 1.44 bits per heavy atom. The molecule has 18 heavy (non-hydrogen) atoms. The number of carbonyl (C=O) groups is 2.